The van der Waals surface area contributed by atoms with Crippen molar-refractivity contribution in [2.75, 3.05) is 0 Å². The molecule has 4 heteroatoms. The van der Waals surface area contributed by atoms with Crippen molar-refractivity contribution in [1.82, 2.24) is 0 Å². The minimum atomic E-state index is -2.77. The van der Waals surface area contributed by atoms with E-state index in [1.165, 1.54) is 0 Å². The second-order valence-corrected chi connectivity index (χ2v) is 4.83. The minimum absolute atomic E-state index is 0.351. The standard InChI is InChI=1S/C13H14F2O2/c1-12(14,15)8-9-3-2-4-10(7-9)13(5-6-13)11(16)17/h2-4,7H,5-6,8H2,1H3,(H,16,17). The molecule has 0 radical (unpaired) electrons. The monoisotopic (exact) mass is 240 g/mol. The van der Waals surface area contributed by atoms with Crippen molar-refractivity contribution in [2.45, 2.75) is 37.5 Å². The van der Waals surface area contributed by atoms with Crippen molar-refractivity contribution >= 4 is 5.97 Å². The number of benzene rings is 1. The van der Waals surface area contributed by atoms with E-state index in [1.54, 1.807) is 24.3 Å². The number of halogens is 2. The Balaban J connectivity index is 2.27. The summed E-state index contributed by atoms with van der Waals surface area (Å²) in [5.74, 6) is -3.63. The van der Waals surface area contributed by atoms with Crippen LogP contribution in [0.5, 0.6) is 0 Å². The molecule has 0 heterocycles. The lowest BCUT2D eigenvalue weighted by molar-refractivity contribution is -0.140. The molecular weight excluding hydrogens is 226 g/mol. The Morgan fingerprint density at radius 3 is 2.59 bits per heavy atom. The van der Waals surface area contributed by atoms with Crippen LogP contribution in [0.15, 0.2) is 24.3 Å². The molecule has 0 atom stereocenters. The first kappa shape index (κ1) is 12.0. The number of carbonyl (C=O) groups is 1. The van der Waals surface area contributed by atoms with E-state index in [0.717, 1.165) is 6.92 Å². The number of alkyl halides is 2. The number of carboxylic acids is 1. The molecule has 17 heavy (non-hydrogen) atoms. The predicted octanol–water partition coefficient (Wildman–Crippen LogP) is 3.00. The summed E-state index contributed by atoms with van der Waals surface area (Å²) in [7, 11) is 0. The highest BCUT2D eigenvalue weighted by molar-refractivity contribution is 5.84. The van der Waals surface area contributed by atoms with Gasteiger partial charge in [-0.15, -0.1) is 0 Å². The van der Waals surface area contributed by atoms with Crippen LogP contribution in [0, 0.1) is 0 Å². The molecule has 1 aliphatic carbocycles. The first-order chi connectivity index (χ1) is 7.83. The summed E-state index contributed by atoms with van der Waals surface area (Å²) in [5.41, 5.74) is 0.313. The zero-order chi connectivity index (χ0) is 12.7. The number of aliphatic carboxylic acids is 1. The van der Waals surface area contributed by atoms with Crippen LogP contribution in [0.2, 0.25) is 0 Å². The van der Waals surface area contributed by atoms with Crippen LogP contribution in [-0.2, 0) is 16.6 Å². The lowest BCUT2D eigenvalue weighted by Crippen LogP contribution is -2.20. The topological polar surface area (TPSA) is 37.3 Å². The fourth-order valence-electron chi connectivity index (χ4n) is 2.09. The van der Waals surface area contributed by atoms with Gasteiger partial charge in [0.05, 0.1) is 5.41 Å². The fraction of sp³-hybridized carbons (Fsp3) is 0.462. The molecule has 0 aliphatic heterocycles. The Hall–Kier alpha value is -1.45. The number of carboxylic acid groups (broad SMARTS) is 1. The van der Waals surface area contributed by atoms with Gasteiger partial charge in [-0.3, -0.25) is 4.79 Å². The van der Waals surface area contributed by atoms with Crippen molar-refractivity contribution in [3.05, 3.63) is 35.4 Å². The molecule has 2 rings (SSSR count). The molecular formula is C13H14F2O2. The van der Waals surface area contributed by atoms with Gasteiger partial charge in [0, 0.05) is 6.42 Å². The Morgan fingerprint density at radius 1 is 1.47 bits per heavy atom. The molecule has 0 spiro atoms. The van der Waals surface area contributed by atoms with Gasteiger partial charge in [0.25, 0.3) is 0 Å². The van der Waals surface area contributed by atoms with Gasteiger partial charge in [0.2, 0.25) is 5.92 Å². The molecule has 0 bridgehead atoms. The third-order valence-corrected chi connectivity index (χ3v) is 3.15. The number of hydrogen-bond donors (Lipinski definition) is 1. The van der Waals surface area contributed by atoms with Crippen LogP contribution < -0.4 is 0 Å². The average molecular weight is 240 g/mol. The highest BCUT2D eigenvalue weighted by Gasteiger charge is 2.51. The molecule has 1 aliphatic rings. The molecule has 0 amide bonds. The van der Waals surface area contributed by atoms with E-state index in [-0.39, 0.29) is 6.42 Å². The number of rotatable bonds is 4. The summed E-state index contributed by atoms with van der Waals surface area (Å²) in [5, 5.41) is 9.13. The highest BCUT2D eigenvalue weighted by atomic mass is 19.3. The van der Waals surface area contributed by atoms with Crippen molar-refractivity contribution < 1.29 is 18.7 Å². The Bertz CT molecular complexity index is 445. The molecule has 1 aromatic rings. The first-order valence-corrected chi connectivity index (χ1v) is 5.54. The minimum Gasteiger partial charge on any atom is -0.481 e. The summed E-state index contributed by atoms with van der Waals surface area (Å²) in [4.78, 5) is 11.1. The van der Waals surface area contributed by atoms with Crippen LogP contribution in [-0.4, -0.2) is 17.0 Å². The zero-order valence-corrected chi connectivity index (χ0v) is 9.54. The summed E-state index contributed by atoms with van der Waals surface area (Å²) in [6.45, 7) is 0.865. The van der Waals surface area contributed by atoms with Gasteiger partial charge in [-0.2, -0.15) is 0 Å². The van der Waals surface area contributed by atoms with Crippen LogP contribution >= 0.6 is 0 Å². The van der Waals surface area contributed by atoms with E-state index >= 15 is 0 Å². The average Bonchev–Trinajstić information content (AvgIpc) is 2.95. The summed E-state index contributed by atoms with van der Waals surface area (Å²) in [6.07, 6.45) is 0.832. The third kappa shape index (κ3) is 2.46. The van der Waals surface area contributed by atoms with Crippen molar-refractivity contribution in [3.8, 4) is 0 Å². The Labute approximate surface area is 98.3 Å². The maximum atomic E-state index is 12.9. The van der Waals surface area contributed by atoms with E-state index in [4.69, 9.17) is 5.11 Å². The lowest BCUT2D eigenvalue weighted by atomic mass is 9.93. The van der Waals surface area contributed by atoms with Crippen LogP contribution in [0.4, 0.5) is 8.78 Å². The van der Waals surface area contributed by atoms with Crippen LogP contribution in [0.3, 0.4) is 0 Å². The number of hydrogen-bond acceptors (Lipinski definition) is 1. The molecule has 0 unspecified atom stereocenters. The summed E-state index contributed by atoms with van der Waals surface area (Å²) < 4.78 is 25.8. The summed E-state index contributed by atoms with van der Waals surface area (Å²) >= 11 is 0. The Kier molecular flexibility index (Phi) is 2.68. The van der Waals surface area contributed by atoms with Gasteiger partial charge in [0.1, 0.15) is 0 Å². The van der Waals surface area contributed by atoms with E-state index in [9.17, 15) is 13.6 Å². The maximum absolute atomic E-state index is 12.9. The van der Waals surface area contributed by atoms with Gasteiger partial charge in [-0.25, -0.2) is 8.78 Å². The van der Waals surface area contributed by atoms with E-state index in [0.29, 0.717) is 24.0 Å². The Morgan fingerprint density at radius 2 is 2.12 bits per heavy atom. The first-order valence-electron chi connectivity index (χ1n) is 5.54. The van der Waals surface area contributed by atoms with E-state index in [2.05, 4.69) is 0 Å². The largest absolute Gasteiger partial charge is 0.481 e. The fourth-order valence-corrected chi connectivity index (χ4v) is 2.09. The quantitative estimate of drug-likeness (QED) is 0.878. The highest BCUT2D eigenvalue weighted by Crippen LogP contribution is 2.48. The maximum Gasteiger partial charge on any atom is 0.314 e. The molecule has 1 aromatic carbocycles. The molecule has 92 valence electrons. The van der Waals surface area contributed by atoms with Crippen LogP contribution in [0.1, 0.15) is 30.9 Å². The molecule has 1 saturated carbocycles. The van der Waals surface area contributed by atoms with E-state index in [1.807, 2.05) is 0 Å². The third-order valence-electron chi connectivity index (χ3n) is 3.15. The SMILES string of the molecule is CC(F)(F)Cc1cccc(C2(C(=O)O)CC2)c1. The zero-order valence-electron chi connectivity index (χ0n) is 9.54. The van der Waals surface area contributed by atoms with Gasteiger partial charge in [-0.1, -0.05) is 24.3 Å². The molecule has 1 fully saturated rings. The van der Waals surface area contributed by atoms with Gasteiger partial charge in [-0.05, 0) is 30.9 Å². The second-order valence-electron chi connectivity index (χ2n) is 4.83. The predicted molar refractivity (Wildman–Crippen MR) is 59.3 cm³/mol. The van der Waals surface area contributed by atoms with Gasteiger partial charge >= 0.3 is 5.97 Å². The van der Waals surface area contributed by atoms with Crippen molar-refractivity contribution in [3.63, 3.8) is 0 Å². The van der Waals surface area contributed by atoms with E-state index < -0.39 is 17.3 Å². The molecule has 1 N–H and O–H groups in total. The van der Waals surface area contributed by atoms with Gasteiger partial charge in [0.15, 0.2) is 0 Å². The molecule has 0 saturated heterocycles. The molecule has 0 aromatic heterocycles. The molecule has 2 nitrogen and oxygen atoms in total. The second kappa shape index (κ2) is 3.79. The lowest BCUT2D eigenvalue weighted by Gasteiger charge is -2.14. The van der Waals surface area contributed by atoms with Crippen molar-refractivity contribution in [2.24, 2.45) is 0 Å². The normalized spacial score (nSPS) is 17.8. The summed E-state index contributed by atoms with van der Waals surface area (Å²) in [6, 6.07) is 6.56. The smallest absolute Gasteiger partial charge is 0.314 e. The van der Waals surface area contributed by atoms with Crippen molar-refractivity contribution in [1.29, 1.82) is 0 Å². The van der Waals surface area contributed by atoms with Crippen LogP contribution in [0.25, 0.3) is 0 Å². The van der Waals surface area contributed by atoms with Gasteiger partial charge < -0.3 is 5.11 Å².